The Kier molecular flexibility index (Phi) is 6.59. The van der Waals surface area contributed by atoms with Crippen LogP contribution in [0, 0.1) is 5.41 Å². The Labute approximate surface area is 196 Å². The number of likely N-dealkylation sites (tertiary alicyclic amines) is 1. The lowest BCUT2D eigenvalue weighted by Gasteiger charge is -2.53. The van der Waals surface area contributed by atoms with Gasteiger partial charge in [0.05, 0.1) is 0 Å². The summed E-state index contributed by atoms with van der Waals surface area (Å²) in [7, 11) is 0. The molecule has 1 saturated carbocycles. The lowest BCUT2D eigenvalue weighted by molar-refractivity contribution is -0.0227. The van der Waals surface area contributed by atoms with Gasteiger partial charge in [-0.25, -0.2) is 0 Å². The second-order valence-corrected chi connectivity index (χ2v) is 10.5. The number of rotatable bonds is 6. The molecule has 2 aromatic rings. The molecule has 6 nitrogen and oxygen atoms in total. The predicted molar refractivity (Wildman–Crippen MR) is 128 cm³/mol. The Morgan fingerprint density at radius 3 is 2.67 bits per heavy atom. The number of carbonyl (C=O) groups excluding carboxylic acids is 1. The van der Waals surface area contributed by atoms with Crippen molar-refractivity contribution in [3.63, 3.8) is 0 Å². The van der Waals surface area contributed by atoms with Crippen molar-refractivity contribution in [2.24, 2.45) is 5.41 Å². The van der Waals surface area contributed by atoms with Gasteiger partial charge in [-0.05, 0) is 75.3 Å². The van der Waals surface area contributed by atoms with E-state index in [1.54, 1.807) is 12.1 Å². The maximum absolute atomic E-state index is 12.6. The highest BCUT2D eigenvalue weighted by molar-refractivity contribution is 5.92. The van der Waals surface area contributed by atoms with Crippen LogP contribution in [0.15, 0.2) is 40.8 Å². The molecule has 0 radical (unpaired) electrons. The molecule has 6 heteroatoms. The van der Waals surface area contributed by atoms with Crippen molar-refractivity contribution < 1.29 is 14.3 Å². The number of amides is 1. The number of carbonyl (C=O) groups is 1. The van der Waals surface area contributed by atoms with Crippen LogP contribution in [0.5, 0.6) is 0 Å². The standard InChI is InChI=1S/C27H37N3O3/c1-20(15-29-14-4-7-21-5-2-3-6-22(21)16-29)28-23-10-12-27(13-11-23)18-30(19-27)26(32)25-9-8-24(17-31)33-25/h2-3,5-6,8-9,20,23,28,31H,4,7,10-19H2,1H3/t20-/m1/s1. The van der Waals surface area contributed by atoms with Crippen LogP contribution < -0.4 is 5.32 Å². The lowest BCUT2D eigenvalue weighted by atomic mass is 9.67. The average Bonchev–Trinajstić information content (AvgIpc) is 3.19. The van der Waals surface area contributed by atoms with Crippen molar-refractivity contribution in [2.75, 3.05) is 26.2 Å². The normalized spacial score (nSPS) is 21.9. The van der Waals surface area contributed by atoms with Crippen LogP contribution in [0.1, 0.15) is 66.5 Å². The topological polar surface area (TPSA) is 69.0 Å². The highest BCUT2D eigenvalue weighted by Gasteiger charge is 2.47. The van der Waals surface area contributed by atoms with Gasteiger partial charge in [-0.2, -0.15) is 0 Å². The highest BCUT2D eigenvalue weighted by atomic mass is 16.4. The van der Waals surface area contributed by atoms with Gasteiger partial charge in [0.15, 0.2) is 5.76 Å². The second-order valence-electron chi connectivity index (χ2n) is 10.5. The van der Waals surface area contributed by atoms with Crippen LogP contribution >= 0.6 is 0 Å². The summed E-state index contributed by atoms with van der Waals surface area (Å²) in [5, 5.41) is 13.0. The SMILES string of the molecule is C[C@H](CN1CCCc2ccccc2C1)NC1CCC2(CC1)CN(C(=O)c1ccc(CO)o1)C2. The van der Waals surface area contributed by atoms with Crippen molar-refractivity contribution in [3.05, 3.63) is 59.0 Å². The Bertz CT molecular complexity index is 955. The van der Waals surface area contributed by atoms with E-state index in [0.29, 0.717) is 23.6 Å². The number of nitrogens with one attached hydrogen (secondary N) is 1. The zero-order valence-corrected chi connectivity index (χ0v) is 19.8. The van der Waals surface area contributed by atoms with E-state index in [1.165, 1.54) is 56.2 Å². The zero-order valence-electron chi connectivity index (χ0n) is 19.8. The first-order valence-electron chi connectivity index (χ1n) is 12.6. The van der Waals surface area contributed by atoms with Crippen molar-refractivity contribution in [1.82, 2.24) is 15.1 Å². The minimum atomic E-state index is -0.172. The molecule has 2 fully saturated rings. The van der Waals surface area contributed by atoms with E-state index >= 15 is 0 Å². The molecule has 1 spiro atoms. The summed E-state index contributed by atoms with van der Waals surface area (Å²) < 4.78 is 5.42. The van der Waals surface area contributed by atoms with Gasteiger partial charge in [0.1, 0.15) is 12.4 Å². The van der Waals surface area contributed by atoms with Gasteiger partial charge >= 0.3 is 0 Å². The maximum atomic E-state index is 12.6. The van der Waals surface area contributed by atoms with E-state index in [0.717, 1.165) is 26.2 Å². The minimum absolute atomic E-state index is 0.0479. The van der Waals surface area contributed by atoms with Crippen LogP contribution in [0.4, 0.5) is 0 Å². The number of hydrogen-bond acceptors (Lipinski definition) is 5. The maximum Gasteiger partial charge on any atom is 0.289 e. The Hall–Kier alpha value is -2.15. The fraction of sp³-hybridized carbons (Fsp3) is 0.593. The van der Waals surface area contributed by atoms with E-state index in [1.807, 2.05) is 4.90 Å². The van der Waals surface area contributed by atoms with Gasteiger partial charge in [0.2, 0.25) is 0 Å². The number of fused-ring (bicyclic) bond motifs is 1. The quantitative estimate of drug-likeness (QED) is 0.703. The predicted octanol–water partition coefficient (Wildman–Crippen LogP) is 3.58. The van der Waals surface area contributed by atoms with E-state index in [9.17, 15) is 4.79 Å². The molecule has 0 unspecified atom stereocenters. The molecule has 178 valence electrons. The molecule has 3 aliphatic rings. The molecule has 1 saturated heterocycles. The van der Waals surface area contributed by atoms with Gasteiger partial charge in [0, 0.05) is 43.7 Å². The Balaban J connectivity index is 1.06. The van der Waals surface area contributed by atoms with Gasteiger partial charge < -0.3 is 19.7 Å². The number of aliphatic hydroxyl groups is 1. The van der Waals surface area contributed by atoms with E-state index in [4.69, 9.17) is 9.52 Å². The monoisotopic (exact) mass is 451 g/mol. The number of nitrogens with zero attached hydrogens (tertiary/aromatic N) is 2. The van der Waals surface area contributed by atoms with Gasteiger partial charge in [-0.15, -0.1) is 0 Å². The van der Waals surface area contributed by atoms with E-state index in [-0.39, 0.29) is 17.9 Å². The number of furan rings is 1. The smallest absolute Gasteiger partial charge is 0.289 e. The molecular formula is C27H37N3O3. The molecule has 2 aliphatic heterocycles. The molecule has 1 atom stereocenters. The van der Waals surface area contributed by atoms with E-state index in [2.05, 4.69) is 41.4 Å². The van der Waals surface area contributed by atoms with Crippen molar-refractivity contribution in [3.8, 4) is 0 Å². The second kappa shape index (κ2) is 9.61. The first-order valence-corrected chi connectivity index (χ1v) is 12.6. The Morgan fingerprint density at radius 1 is 1.18 bits per heavy atom. The molecule has 0 bridgehead atoms. The van der Waals surface area contributed by atoms with Gasteiger partial charge in [-0.3, -0.25) is 9.69 Å². The third kappa shape index (κ3) is 5.03. The Morgan fingerprint density at radius 2 is 1.94 bits per heavy atom. The molecule has 5 rings (SSSR count). The lowest BCUT2D eigenvalue weighted by Crippen LogP contribution is -2.60. The third-order valence-electron chi connectivity index (χ3n) is 7.90. The summed E-state index contributed by atoms with van der Waals surface area (Å²) in [5.74, 6) is 0.737. The summed E-state index contributed by atoms with van der Waals surface area (Å²) in [6.45, 7) is 7.15. The molecular weight excluding hydrogens is 414 g/mol. The fourth-order valence-corrected chi connectivity index (χ4v) is 6.12. The first kappa shape index (κ1) is 22.6. The largest absolute Gasteiger partial charge is 0.453 e. The zero-order chi connectivity index (χ0) is 22.8. The van der Waals surface area contributed by atoms with Crippen LogP contribution in [0.2, 0.25) is 0 Å². The average molecular weight is 452 g/mol. The minimum Gasteiger partial charge on any atom is -0.453 e. The molecule has 1 aromatic heterocycles. The fourth-order valence-electron chi connectivity index (χ4n) is 6.12. The summed E-state index contributed by atoms with van der Waals surface area (Å²) >= 11 is 0. The molecule has 33 heavy (non-hydrogen) atoms. The summed E-state index contributed by atoms with van der Waals surface area (Å²) in [6.07, 6.45) is 7.16. The third-order valence-corrected chi connectivity index (χ3v) is 7.90. The molecule has 1 aromatic carbocycles. The molecule has 2 N–H and O–H groups in total. The van der Waals surface area contributed by atoms with Crippen LogP contribution in [-0.2, 0) is 19.6 Å². The van der Waals surface area contributed by atoms with Crippen molar-refractivity contribution in [2.45, 2.75) is 70.7 Å². The van der Waals surface area contributed by atoms with Crippen molar-refractivity contribution >= 4 is 5.91 Å². The number of benzene rings is 1. The summed E-state index contributed by atoms with van der Waals surface area (Å²) in [5.41, 5.74) is 3.30. The van der Waals surface area contributed by atoms with Gasteiger partial charge in [-0.1, -0.05) is 24.3 Å². The van der Waals surface area contributed by atoms with Gasteiger partial charge in [0.25, 0.3) is 5.91 Å². The number of hydrogen-bond donors (Lipinski definition) is 2. The number of aryl methyl sites for hydroxylation is 1. The van der Waals surface area contributed by atoms with Crippen molar-refractivity contribution in [1.29, 1.82) is 0 Å². The molecule has 3 heterocycles. The molecule has 1 amide bonds. The summed E-state index contributed by atoms with van der Waals surface area (Å²) in [6, 6.07) is 13.3. The first-order chi connectivity index (χ1) is 16.0. The van der Waals surface area contributed by atoms with Crippen LogP contribution in [0.25, 0.3) is 0 Å². The summed E-state index contributed by atoms with van der Waals surface area (Å²) in [4.78, 5) is 17.1. The molecule has 1 aliphatic carbocycles. The highest BCUT2D eigenvalue weighted by Crippen LogP contribution is 2.44. The van der Waals surface area contributed by atoms with E-state index < -0.39 is 0 Å². The van der Waals surface area contributed by atoms with Crippen LogP contribution in [-0.4, -0.2) is 59.1 Å². The number of aliphatic hydroxyl groups excluding tert-OH is 1. The van der Waals surface area contributed by atoms with Crippen LogP contribution in [0.3, 0.4) is 0 Å².